The molecular weight excluding hydrogens is 246 g/mol. The fraction of sp³-hybridized carbons (Fsp3) is 0.412. The minimum absolute atomic E-state index is 0.281. The lowest BCUT2D eigenvalue weighted by atomic mass is 9.99. The molecule has 1 aromatic carbocycles. The number of aromatic nitrogens is 2. The molecule has 0 radical (unpaired) electrons. The van der Waals surface area contributed by atoms with Crippen LogP contribution in [0.25, 0.3) is 0 Å². The first-order valence-corrected chi connectivity index (χ1v) is 7.35. The molecule has 3 heteroatoms. The Hall–Kier alpha value is -1.74. The minimum atomic E-state index is 0.281. The number of aryl methyl sites for hydroxylation is 2. The maximum Gasteiger partial charge on any atom is 0.0756 e. The van der Waals surface area contributed by atoms with Crippen molar-refractivity contribution in [2.45, 2.75) is 39.2 Å². The van der Waals surface area contributed by atoms with E-state index in [1.54, 1.807) is 12.4 Å². The van der Waals surface area contributed by atoms with Crippen molar-refractivity contribution in [1.29, 1.82) is 0 Å². The molecule has 1 aromatic heterocycles. The highest BCUT2D eigenvalue weighted by atomic mass is 14.9. The van der Waals surface area contributed by atoms with Crippen LogP contribution >= 0.6 is 0 Å². The van der Waals surface area contributed by atoms with Crippen LogP contribution in [0.5, 0.6) is 0 Å². The molecule has 0 bridgehead atoms. The number of rotatable bonds is 7. The summed E-state index contributed by atoms with van der Waals surface area (Å²) in [6, 6.07) is 8.87. The van der Waals surface area contributed by atoms with Gasteiger partial charge < -0.3 is 5.32 Å². The molecule has 1 unspecified atom stereocenters. The Bertz CT molecular complexity index is 511. The molecule has 1 N–H and O–H groups in total. The summed E-state index contributed by atoms with van der Waals surface area (Å²) in [5, 5.41) is 3.57. The van der Waals surface area contributed by atoms with E-state index in [0.717, 1.165) is 31.5 Å². The summed E-state index contributed by atoms with van der Waals surface area (Å²) < 4.78 is 0. The van der Waals surface area contributed by atoms with Gasteiger partial charge in [-0.05, 0) is 43.9 Å². The maximum atomic E-state index is 4.44. The molecule has 0 aliphatic carbocycles. The first-order valence-electron chi connectivity index (χ1n) is 7.35. The predicted octanol–water partition coefficient (Wildman–Crippen LogP) is 3.46. The average molecular weight is 269 g/mol. The van der Waals surface area contributed by atoms with Crippen molar-refractivity contribution >= 4 is 0 Å². The van der Waals surface area contributed by atoms with Gasteiger partial charge in [-0.2, -0.15) is 0 Å². The summed E-state index contributed by atoms with van der Waals surface area (Å²) in [6.45, 7) is 5.36. The van der Waals surface area contributed by atoms with Gasteiger partial charge in [0.2, 0.25) is 0 Å². The Morgan fingerprint density at radius 2 is 2.05 bits per heavy atom. The van der Waals surface area contributed by atoms with Gasteiger partial charge in [-0.15, -0.1) is 0 Å². The highest BCUT2D eigenvalue weighted by molar-refractivity contribution is 5.25. The van der Waals surface area contributed by atoms with Crippen LogP contribution in [-0.4, -0.2) is 16.5 Å². The number of nitrogens with zero attached hydrogens (tertiary/aromatic N) is 2. The van der Waals surface area contributed by atoms with Gasteiger partial charge in [-0.25, -0.2) is 0 Å². The molecule has 1 atom stereocenters. The Kier molecular flexibility index (Phi) is 5.69. The highest BCUT2D eigenvalue weighted by Crippen LogP contribution is 2.18. The van der Waals surface area contributed by atoms with Crippen LogP contribution < -0.4 is 5.32 Å². The van der Waals surface area contributed by atoms with E-state index in [0.29, 0.717) is 0 Å². The van der Waals surface area contributed by atoms with Gasteiger partial charge in [0.25, 0.3) is 0 Å². The van der Waals surface area contributed by atoms with Crippen LogP contribution in [-0.2, 0) is 6.42 Å². The predicted molar refractivity (Wildman–Crippen MR) is 82.6 cm³/mol. The number of hydrogen-bond donors (Lipinski definition) is 1. The molecule has 106 valence electrons. The Morgan fingerprint density at radius 1 is 1.20 bits per heavy atom. The van der Waals surface area contributed by atoms with Crippen LogP contribution in [0, 0.1) is 6.92 Å². The maximum absolute atomic E-state index is 4.44. The van der Waals surface area contributed by atoms with Crippen LogP contribution in [0.15, 0.2) is 42.9 Å². The summed E-state index contributed by atoms with van der Waals surface area (Å²) in [7, 11) is 0. The van der Waals surface area contributed by atoms with Crippen LogP contribution in [0.3, 0.4) is 0 Å². The molecule has 0 fully saturated rings. The van der Waals surface area contributed by atoms with Gasteiger partial charge in [-0.3, -0.25) is 9.97 Å². The first kappa shape index (κ1) is 14.7. The summed E-state index contributed by atoms with van der Waals surface area (Å²) in [6.07, 6.45) is 8.59. The zero-order chi connectivity index (χ0) is 14.2. The molecule has 0 spiro atoms. The molecule has 0 aliphatic rings. The molecular formula is C17H23N3. The monoisotopic (exact) mass is 269 g/mol. The lowest BCUT2D eigenvalue weighted by molar-refractivity contribution is 0.487. The molecule has 20 heavy (non-hydrogen) atoms. The third-order valence-electron chi connectivity index (χ3n) is 3.54. The van der Waals surface area contributed by atoms with E-state index in [4.69, 9.17) is 0 Å². The van der Waals surface area contributed by atoms with Gasteiger partial charge in [0.15, 0.2) is 0 Å². The standard InChI is InChI=1S/C17H23N3/c1-3-10-19-16(17-13-18-11-12-20-17)9-8-15-7-5-4-6-14(15)2/h4-7,11-13,16,19H,3,8-10H2,1-2H3. The Morgan fingerprint density at radius 3 is 2.75 bits per heavy atom. The number of hydrogen-bond acceptors (Lipinski definition) is 3. The lowest BCUT2D eigenvalue weighted by Gasteiger charge is -2.18. The molecule has 2 rings (SSSR count). The zero-order valence-electron chi connectivity index (χ0n) is 12.3. The second-order valence-electron chi connectivity index (χ2n) is 5.10. The van der Waals surface area contributed by atoms with Crippen LogP contribution in [0.2, 0.25) is 0 Å². The smallest absolute Gasteiger partial charge is 0.0756 e. The Balaban J connectivity index is 2.03. The van der Waals surface area contributed by atoms with Gasteiger partial charge >= 0.3 is 0 Å². The second-order valence-corrected chi connectivity index (χ2v) is 5.10. The van der Waals surface area contributed by atoms with E-state index < -0.39 is 0 Å². The SMILES string of the molecule is CCCNC(CCc1ccccc1C)c1cnccn1. The van der Waals surface area contributed by atoms with Crippen LogP contribution in [0.1, 0.15) is 42.6 Å². The van der Waals surface area contributed by atoms with E-state index in [1.165, 1.54) is 11.1 Å². The zero-order valence-corrected chi connectivity index (χ0v) is 12.3. The van der Waals surface area contributed by atoms with E-state index in [2.05, 4.69) is 53.4 Å². The second kappa shape index (κ2) is 7.75. The number of nitrogens with one attached hydrogen (secondary N) is 1. The van der Waals surface area contributed by atoms with Gasteiger partial charge in [0.1, 0.15) is 0 Å². The third-order valence-corrected chi connectivity index (χ3v) is 3.54. The topological polar surface area (TPSA) is 37.8 Å². The molecule has 0 saturated carbocycles. The van der Waals surface area contributed by atoms with Crippen molar-refractivity contribution in [2.24, 2.45) is 0 Å². The summed E-state index contributed by atoms with van der Waals surface area (Å²) >= 11 is 0. The van der Waals surface area contributed by atoms with Crippen molar-refractivity contribution in [3.05, 3.63) is 59.7 Å². The number of benzene rings is 1. The molecule has 1 heterocycles. The Labute approximate surface area is 121 Å². The lowest BCUT2D eigenvalue weighted by Crippen LogP contribution is -2.23. The van der Waals surface area contributed by atoms with Crippen LogP contribution in [0.4, 0.5) is 0 Å². The molecule has 0 aliphatic heterocycles. The summed E-state index contributed by atoms with van der Waals surface area (Å²) in [5.74, 6) is 0. The molecule has 0 saturated heterocycles. The minimum Gasteiger partial charge on any atom is -0.309 e. The molecule has 0 amide bonds. The first-order chi connectivity index (χ1) is 9.81. The fourth-order valence-corrected chi connectivity index (χ4v) is 2.35. The van der Waals surface area contributed by atoms with E-state index in [9.17, 15) is 0 Å². The van der Waals surface area contributed by atoms with Crippen molar-refractivity contribution in [2.75, 3.05) is 6.54 Å². The molecule has 2 aromatic rings. The quantitative estimate of drug-likeness (QED) is 0.836. The third kappa shape index (κ3) is 4.14. The van der Waals surface area contributed by atoms with Gasteiger partial charge in [-0.1, -0.05) is 31.2 Å². The van der Waals surface area contributed by atoms with E-state index in [1.807, 2.05) is 6.20 Å². The summed E-state index contributed by atoms with van der Waals surface area (Å²) in [4.78, 5) is 8.63. The van der Waals surface area contributed by atoms with Crippen molar-refractivity contribution in [3.63, 3.8) is 0 Å². The van der Waals surface area contributed by atoms with Gasteiger partial charge in [0.05, 0.1) is 11.7 Å². The summed E-state index contributed by atoms with van der Waals surface area (Å²) in [5.41, 5.74) is 3.81. The normalized spacial score (nSPS) is 12.3. The average Bonchev–Trinajstić information content (AvgIpc) is 2.50. The van der Waals surface area contributed by atoms with E-state index >= 15 is 0 Å². The fourth-order valence-electron chi connectivity index (χ4n) is 2.35. The highest BCUT2D eigenvalue weighted by Gasteiger charge is 2.12. The van der Waals surface area contributed by atoms with Crippen molar-refractivity contribution in [1.82, 2.24) is 15.3 Å². The largest absolute Gasteiger partial charge is 0.309 e. The van der Waals surface area contributed by atoms with Crippen molar-refractivity contribution < 1.29 is 0 Å². The van der Waals surface area contributed by atoms with E-state index in [-0.39, 0.29) is 6.04 Å². The van der Waals surface area contributed by atoms with Crippen molar-refractivity contribution in [3.8, 4) is 0 Å². The van der Waals surface area contributed by atoms with Gasteiger partial charge in [0, 0.05) is 18.6 Å². The molecule has 3 nitrogen and oxygen atoms in total.